The van der Waals surface area contributed by atoms with Gasteiger partial charge in [0.25, 0.3) is 0 Å². The van der Waals surface area contributed by atoms with Gasteiger partial charge >= 0.3 is 0 Å². The molecule has 158 valence electrons. The lowest BCUT2D eigenvalue weighted by atomic mass is 10.1. The van der Waals surface area contributed by atoms with E-state index >= 15 is 0 Å². The third-order valence-corrected chi connectivity index (χ3v) is 5.46. The normalized spacial score (nSPS) is 14.5. The number of benzene rings is 2. The van der Waals surface area contributed by atoms with Crippen molar-refractivity contribution in [3.05, 3.63) is 66.9 Å². The van der Waals surface area contributed by atoms with E-state index in [1.165, 1.54) is 0 Å². The van der Waals surface area contributed by atoms with Gasteiger partial charge in [-0.15, -0.1) is 5.10 Å². The highest BCUT2D eigenvalue weighted by Gasteiger charge is 2.15. The second-order valence-electron chi connectivity index (χ2n) is 7.56. The minimum absolute atomic E-state index is 0.257. The fraction of sp³-hybridized carbons (Fsp3) is 0.250. The standard InChI is InChI=1S/C24H25N5O2/c1-30-23-8-3-2-7-21(23)22-10-9-18-16-26-24(28-29(18)22)27-17-5-4-6-20(15-17)31-19-11-13-25-14-12-19/h2-10,15-16,19,25H,11-14H2,1H3,(H,27,28). The Morgan fingerprint density at radius 3 is 2.77 bits per heavy atom. The van der Waals surface area contributed by atoms with Crippen LogP contribution in [0.2, 0.25) is 0 Å². The smallest absolute Gasteiger partial charge is 0.245 e. The van der Waals surface area contributed by atoms with E-state index in [2.05, 4.69) is 15.6 Å². The Hall–Kier alpha value is -3.58. The molecule has 0 saturated carbocycles. The number of ether oxygens (including phenoxy) is 2. The van der Waals surface area contributed by atoms with Gasteiger partial charge in [0.1, 0.15) is 17.6 Å². The zero-order chi connectivity index (χ0) is 21.0. The highest BCUT2D eigenvalue weighted by molar-refractivity contribution is 5.72. The molecule has 7 heteroatoms. The molecule has 2 aromatic carbocycles. The number of rotatable bonds is 6. The fourth-order valence-electron chi connectivity index (χ4n) is 3.90. The molecule has 2 N–H and O–H groups in total. The topological polar surface area (TPSA) is 72.7 Å². The van der Waals surface area contributed by atoms with Crippen LogP contribution in [0, 0.1) is 0 Å². The molecule has 1 aliphatic heterocycles. The molecule has 3 heterocycles. The zero-order valence-corrected chi connectivity index (χ0v) is 17.4. The Morgan fingerprint density at radius 2 is 1.90 bits per heavy atom. The van der Waals surface area contributed by atoms with Crippen molar-refractivity contribution in [2.45, 2.75) is 18.9 Å². The van der Waals surface area contributed by atoms with Gasteiger partial charge in [0, 0.05) is 17.3 Å². The maximum absolute atomic E-state index is 6.15. The second-order valence-corrected chi connectivity index (χ2v) is 7.56. The maximum Gasteiger partial charge on any atom is 0.245 e. The van der Waals surface area contributed by atoms with Crippen molar-refractivity contribution >= 4 is 17.2 Å². The Labute approximate surface area is 181 Å². The minimum atomic E-state index is 0.257. The van der Waals surface area contributed by atoms with Crippen LogP contribution in [0.3, 0.4) is 0 Å². The highest BCUT2D eigenvalue weighted by Crippen LogP contribution is 2.31. The van der Waals surface area contributed by atoms with Crippen molar-refractivity contribution in [2.24, 2.45) is 0 Å². The van der Waals surface area contributed by atoms with Crippen molar-refractivity contribution in [1.29, 1.82) is 0 Å². The number of hydrogen-bond donors (Lipinski definition) is 2. The van der Waals surface area contributed by atoms with Crippen molar-refractivity contribution in [3.8, 4) is 22.8 Å². The van der Waals surface area contributed by atoms with E-state index in [9.17, 15) is 0 Å². The number of aromatic nitrogens is 3. The molecular weight excluding hydrogens is 390 g/mol. The van der Waals surface area contributed by atoms with Gasteiger partial charge in [-0.1, -0.05) is 18.2 Å². The molecule has 0 bridgehead atoms. The van der Waals surface area contributed by atoms with E-state index in [-0.39, 0.29) is 6.10 Å². The summed E-state index contributed by atoms with van der Waals surface area (Å²) < 4.78 is 13.6. The molecule has 0 radical (unpaired) electrons. The van der Waals surface area contributed by atoms with Gasteiger partial charge < -0.3 is 20.1 Å². The van der Waals surface area contributed by atoms with Crippen LogP contribution in [0.25, 0.3) is 16.8 Å². The average Bonchev–Trinajstić information content (AvgIpc) is 3.23. The van der Waals surface area contributed by atoms with E-state index in [0.29, 0.717) is 5.95 Å². The van der Waals surface area contributed by atoms with Gasteiger partial charge in [0.2, 0.25) is 5.95 Å². The quantitative estimate of drug-likeness (QED) is 0.490. The molecule has 1 saturated heterocycles. The second kappa shape index (κ2) is 8.65. The predicted molar refractivity (Wildman–Crippen MR) is 121 cm³/mol. The van der Waals surface area contributed by atoms with Crippen molar-refractivity contribution < 1.29 is 9.47 Å². The van der Waals surface area contributed by atoms with Crippen molar-refractivity contribution in [3.63, 3.8) is 0 Å². The summed E-state index contributed by atoms with van der Waals surface area (Å²) in [4.78, 5) is 4.47. The number of methoxy groups -OCH3 is 1. The van der Waals surface area contributed by atoms with E-state index < -0.39 is 0 Å². The Bertz CT molecular complexity index is 1180. The summed E-state index contributed by atoms with van der Waals surface area (Å²) in [5, 5.41) is 11.4. The number of piperidine rings is 1. The van der Waals surface area contributed by atoms with Crippen LogP contribution in [0.4, 0.5) is 11.6 Å². The average molecular weight is 415 g/mol. The van der Waals surface area contributed by atoms with Crippen LogP contribution >= 0.6 is 0 Å². The van der Waals surface area contributed by atoms with E-state index in [0.717, 1.165) is 59.9 Å². The van der Waals surface area contributed by atoms with Crippen LogP contribution < -0.4 is 20.1 Å². The van der Waals surface area contributed by atoms with E-state index in [1.54, 1.807) is 7.11 Å². The number of nitrogens with zero attached hydrogens (tertiary/aromatic N) is 3. The van der Waals surface area contributed by atoms with Crippen molar-refractivity contribution in [1.82, 2.24) is 19.9 Å². The van der Waals surface area contributed by atoms with E-state index in [1.807, 2.05) is 71.4 Å². The number of nitrogens with one attached hydrogen (secondary N) is 2. The molecule has 5 rings (SSSR count). The van der Waals surface area contributed by atoms with E-state index in [4.69, 9.17) is 14.6 Å². The van der Waals surface area contributed by atoms with Crippen LogP contribution in [0.1, 0.15) is 12.8 Å². The SMILES string of the molecule is COc1ccccc1-c1ccc2cnc(Nc3cccc(OC4CCNCC4)c3)nn12. The van der Waals surface area contributed by atoms with Crippen LogP contribution in [-0.2, 0) is 0 Å². The Morgan fingerprint density at radius 1 is 1.03 bits per heavy atom. The number of para-hydroxylation sites is 1. The molecule has 4 aromatic rings. The molecule has 0 amide bonds. The summed E-state index contributed by atoms with van der Waals surface area (Å²) in [7, 11) is 1.68. The summed E-state index contributed by atoms with van der Waals surface area (Å²) in [5.41, 5.74) is 3.72. The first-order chi connectivity index (χ1) is 15.3. The Kier molecular flexibility index (Phi) is 5.41. The molecule has 2 aromatic heterocycles. The number of fused-ring (bicyclic) bond motifs is 1. The highest BCUT2D eigenvalue weighted by atomic mass is 16.5. The Balaban J connectivity index is 1.40. The van der Waals surface area contributed by atoms with Crippen LogP contribution in [-0.4, -0.2) is 40.9 Å². The molecular formula is C24H25N5O2. The van der Waals surface area contributed by atoms with Crippen LogP contribution in [0.15, 0.2) is 66.9 Å². The summed E-state index contributed by atoms with van der Waals surface area (Å²) in [6.45, 7) is 2.00. The molecule has 31 heavy (non-hydrogen) atoms. The summed E-state index contributed by atoms with van der Waals surface area (Å²) in [6.07, 6.45) is 4.12. The maximum atomic E-state index is 6.15. The molecule has 0 unspecified atom stereocenters. The van der Waals surface area contributed by atoms with Gasteiger partial charge in [-0.3, -0.25) is 0 Å². The lowest BCUT2D eigenvalue weighted by Gasteiger charge is -2.24. The minimum Gasteiger partial charge on any atom is -0.496 e. The summed E-state index contributed by atoms with van der Waals surface area (Å²) in [5.74, 6) is 2.17. The largest absolute Gasteiger partial charge is 0.496 e. The monoisotopic (exact) mass is 415 g/mol. The third-order valence-electron chi connectivity index (χ3n) is 5.46. The number of hydrogen-bond acceptors (Lipinski definition) is 6. The van der Waals surface area contributed by atoms with Crippen molar-refractivity contribution in [2.75, 3.05) is 25.5 Å². The first kappa shape index (κ1) is 19.4. The number of anilines is 2. The predicted octanol–water partition coefficient (Wildman–Crippen LogP) is 4.28. The zero-order valence-electron chi connectivity index (χ0n) is 17.4. The lowest BCUT2D eigenvalue weighted by Crippen LogP contribution is -2.34. The first-order valence-electron chi connectivity index (χ1n) is 10.5. The van der Waals surface area contributed by atoms with Gasteiger partial charge in [-0.25, -0.2) is 9.50 Å². The van der Waals surface area contributed by atoms with Gasteiger partial charge in [-0.05, 0) is 62.3 Å². The molecule has 1 aliphatic rings. The molecule has 0 atom stereocenters. The summed E-state index contributed by atoms with van der Waals surface area (Å²) >= 11 is 0. The fourth-order valence-corrected chi connectivity index (χ4v) is 3.90. The van der Waals surface area contributed by atoms with Gasteiger partial charge in [-0.2, -0.15) is 0 Å². The molecule has 0 aliphatic carbocycles. The third kappa shape index (κ3) is 4.18. The molecule has 0 spiro atoms. The molecule has 7 nitrogen and oxygen atoms in total. The lowest BCUT2D eigenvalue weighted by molar-refractivity contribution is 0.162. The van der Waals surface area contributed by atoms with Gasteiger partial charge in [0.15, 0.2) is 0 Å². The summed E-state index contributed by atoms with van der Waals surface area (Å²) in [6, 6.07) is 19.9. The van der Waals surface area contributed by atoms with Gasteiger partial charge in [0.05, 0.1) is 24.5 Å². The molecule has 1 fully saturated rings. The van der Waals surface area contributed by atoms with Crippen LogP contribution in [0.5, 0.6) is 11.5 Å². The first-order valence-corrected chi connectivity index (χ1v) is 10.5.